The third-order valence-electron chi connectivity index (χ3n) is 3.41. The lowest BCUT2D eigenvalue weighted by atomic mass is 10.3. The van der Waals surface area contributed by atoms with Crippen LogP contribution in [0, 0.1) is 0 Å². The number of ether oxygens (including phenoxy) is 2. The first kappa shape index (κ1) is 13.3. The maximum Gasteiger partial charge on any atom is 0.147 e. The average Bonchev–Trinajstić information content (AvgIpc) is 2.81. The van der Waals surface area contributed by atoms with Gasteiger partial charge in [0.15, 0.2) is 0 Å². The van der Waals surface area contributed by atoms with E-state index >= 15 is 0 Å². The second kappa shape index (κ2) is 5.36. The van der Waals surface area contributed by atoms with E-state index in [1.54, 1.807) is 13.2 Å². The van der Waals surface area contributed by atoms with Crippen molar-refractivity contribution in [3.05, 3.63) is 48.3 Å². The van der Waals surface area contributed by atoms with Gasteiger partial charge >= 0.3 is 0 Å². The highest BCUT2D eigenvalue weighted by Crippen LogP contribution is 2.22. The van der Waals surface area contributed by atoms with Gasteiger partial charge in [-0.3, -0.25) is 0 Å². The monoisotopic (exact) mass is 283 g/mol. The van der Waals surface area contributed by atoms with Crippen LogP contribution in [0.25, 0.3) is 11.0 Å². The summed E-state index contributed by atoms with van der Waals surface area (Å²) in [6.07, 6.45) is 0. The summed E-state index contributed by atoms with van der Waals surface area (Å²) < 4.78 is 13.0. The Morgan fingerprint density at radius 2 is 2.00 bits per heavy atom. The Labute approximate surface area is 122 Å². The normalized spacial score (nSPS) is 10.8. The predicted octanol–water partition coefficient (Wildman–Crippen LogP) is 2.74. The van der Waals surface area contributed by atoms with E-state index in [1.807, 2.05) is 48.0 Å². The number of aryl methyl sites for hydroxylation is 1. The van der Waals surface area contributed by atoms with Gasteiger partial charge in [0.05, 0.1) is 18.1 Å². The molecule has 0 atom stereocenters. The zero-order valence-corrected chi connectivity index (χ0v) is 12.0. The van der Waals surface area contributed by atoms with Crippen LogP contribution in [0.15, 0.2) is 42.5 Å². The van der Waals surface area contributed by atoms with Gasteiger partial charge in [-0.1, -0.05) is 6.07 Å². The summed E-state index contributed by atoms with van der Waals surface area (Å²) in [6.45, 7) is 0.386. The molecule has 0 unspecified atom stereocenters. The van der Waals surface area contributed by atoms with Gasteiger partial charge in [0.25, 0.3) is 0 Å². The molecule has 0 fully saturated rings. The Hall–Kier alpha value is -2.69. The van der Waals surface area contributed by atoms with Gasteiger partial charge in [0, 0.05) is 24.9 Å². The zero-order chi connectivity index (χ0) is 14.8. The van der Waals surface area contributed by atoms with Crippen LogP contribution in [0.2, 0.25) is 0 Å². The molecule has 21 heavy (non-hydrogen) atoms. The van der Waals surface area contributed by atoms with Crippen LogP contribution in [-0.2, 0) is 13.7 Å². The number of benzene rings is 2. The molecule has 3 rings (SSSR count). The molecule has 0 aliphatic carbocycles. The Morgan fingerprint density at radius 1 is 1.14 bits per heavy atom. The van der Waals surface area contributed by atoms with Crippen LogP contribution in [0.4, 0.5) is 5.69 Å². The average molecular weight is 283 g/mol. The number of hydrogen-bond donors (Lipinski definition) is 1. The van der Waals surface area contributed by atoms with Crippen LogP contribution in [-0.4, -0.2) is 16.7 Å². The van der Waals surface area contributed by atoms with E-state index in [2.05, 4.69) is 4.98 Å². The van der Waals surface area contributed by atoms with Gasteiger partial charge in [-0.2, -0.15) is 0 Å². The minimum absolute atomic E-state index is 0.386. The molecule has 0 amide bonds. The number of methoxy groups -OCH3 is 1. The first-order chi connectivity index (χ1) is 10.2. The Bertz CT molecular complexity index is 780. The first-order valence-electron chi connectivity index (χ1n) is 6.65. The van der Waals surface area contributed by atoms with Gasteiger partial charge in [-0.05, 0) is 24.3 Å². The maximum absolute atomic E-state index is 5.75. The molecule has 2 aromatic carbocycles. The number of nitrogen functional groups attached to an aromatic ring is 1. The van der Waals surface area contributed by atoms with Crippen LogP contribution in [0.5, 0.6) is 11.5 Å². The van der Waals surface area contributed by atoms with Crippen molar-refractivity contribution in [1.29, 1.82) is 0 Å². The van der Waals surface area contributed by atoms with Gasteiger partial charge in [0.1, 0.15) is 23.9 Å². The molecule has 108 valence electrons. The second-order valence-electron chi connectivity index (χ2n) is 4.80. The predicted molar refractivity (Wildman–Crippen MR) is 82.5 cm³/mol. The largest absolute Gasteiger partial charge is 0.497 e. The van der Waals surface area contributed by atoms with Crippen molar-refractivity contribution >= 4 is 16.7 Å². The van der Waals surface area contributed by atoms with Crippen LogP contribution >= 0.6 is 0 Å². The fourth-order valence-corrected chi connectivity index (χ4v) is 2.24. The van der Waals surface area contributed by atoms with E-state index in [-0.39, 0.29) is 0 Å². The molecular weight excluding hydrogens is 266 g/mol. The summed E-state index contributed by atoms with van der Waals surface area (Å²) in [5.74, 6) is 2.38. The summed E-state index contributed by atoms with van der Waals surface area (Å²) in [4.78, 5) is 4.59. The smallest absolute Gasteiger partial charge is 0.147 e. The van der Waals surface area contributed by atoms with Gasteiger partial charge in [0.2, 0.25) is 0 Å². The van der Waals surface area contributed by atoms with Crippen molar-refractivity contribution in [2.24, 2.45) is 7.05 Å². The molecular formula is C16H17N3O2. The number of anilines is 1. The summed E-state index contributed by atoms with van der Waals surface area (Å²) >= 11 is 0. The number of rotatable bonds is 4. The molecule has 0 spiro atoms. The summed E-state index contributed by atoms with van der Waals surface area (Å²) in [5, 5.41) is 0. The van der Waals surface area contributed by atoms with Crippen LogP contribution in [0.3, 0.4) is 0 Å². The minimum atomic E-state index is 0.386. The first-order valence-corrected chi connectivity index (χ1v) is 6.65. The van der Waals surface area contributed by atoms with E-state index < -0.39 is 0 Å². The topological polar surface area (TPSA) is 62.3 Å². The molecule has 3 aromatic rings. The molecule has 0 saturated carbocycles. The minimum Gasteiger partial charge on any atom is -0.497 e. The summed E-state index contributed by atoms with van der Waals surface area (Å²) in [5.41, 5.74) is 8.35. The highest BCUT2D eigenvalue weighted by molar-refractivity contribution is 5.77. The molecule has 2 N–H and O–H groups in total. The highest BCUT2D eigenvalue weighted by atomic mass is 16.5. The van der Waals surface area contributed by atoms with E-state index in [1.165, 1.54) is 0 Å². The molecule has 0 aliphatic heterocycles. The standard InChI is InChI=1S/C16H17N3O2/c1-19-15-7-6-12(20-2)9-14(15)18-16(19)10-21-13-5-3-4-11(17)8-13/h3-9H,10,17H2,1-2H3. The summed E-state index contributed by atoms with van der Waals surface area (Å²) in [6, 6.07) is 13.2. The van der Waals surface area contributed by atoms with Crippen LogP contribution < -0.4 is 15.2 Å². The SMILES string of the molecule is COc1ccc2c(c1)nc(COc1cccc(N)c1)n2C. The number of nitrogens with two attached hydrogens (primary N) is 1. The number of nitrogens with zero attached hydrogens (tertiary/aromatic N) is 2. The lowest BCUT2D eigenvalue weighted by molar-refractivity contribution is 0.292. The van der Waals surface area contributed by atoms with E-state index in [0.717, 1.165) is 28.4 Å². The molecule has 0 saturated heterocycles. The molecule has 5 heteroatoms. The van der Waals surface area contributed by atoms with Crippen molar-refractivity contribution in [3.8, 4) is 11.5 Å². The van der Waals surface area contributed by atoms with Gasteiger partial charge in [-0.15, -0.1) is 0 Å². The fourth-order valence-electron chi connectivity index (χ4n) is 2.24. The third kappa shape index (κ3) is 2.63. The number of aromatic nitrogens is 2. The Kier molecular flexibility index (Phi) is 3.39. The van der Waals surface area contributed by atoms with Gasteiger partial charge in [-0.25, -0.2) is 4.98 Å². The Morgan fingerprint density at radius 3 is 2.76 bits per heavy atom. The quantitative estimate of drug-likeness (QED) is 0.748. The molecule has 0 bridgehead atoms. The van der Waals surface area contributed by atoms with E-state index in [0.29, 0.717) is 12.3 Å². The lowest BCUT2D eigenvalue weighted by Crippen LogP contribution is -2.03. The fraction of sp³-hybridized carbons (Fsp3) is 0.188. The number of fused-ring (bicyclic) bond motifs is 1. The molecule has 5 nitrogen and oxygen atoms in total. The number of hydrogen-bond acceptors (Lipinski definition) is 4. The van der Waals surface area contributed by atoms with Crippen molar-refractivity contribution in [3.63, 3.8) is 0 Å². The molecule has 1 aromatic heterocycles. The zero-order valence-electron chi connectivity index (χ0n) is 12.0. The Balaban J connectivity index is 1.85. The van der Waals surface area contributed by atoms with Crippen molar-refractivity contribution < 1.29 is 9.47 Å². The van der Waals surface area contributed by atoms with Crippen molar-refractivity contribution in [2.75, 3.05) is 12.8 Å². The summed E-state index contributed by atoms with van der Waals surface area (Å²) in [7, 11) is 3.62. The van der Waals surface area contributed by atoms with E-state index in [4.69, 9.17) is 15.2 Å². The van der Waals surface area contributed by atoms with E-state index in [9.17, 15) is 0 Å². The van der Waals surface area contributed by atoms with Gasteiger partial charge < -0.3 is 19.8 Å². The lowest BCUT2D eigenvalue weighted by Gasteiger charge is -2.06. The molecule has 0 radical (unpaired) electrons. The van der Waals surface area contributed by atoms with Crippen molar-refractivity contribution in [1.82, 2.24) is 9.55 Å². The second-order valence-corrected chi connectivity index (χ2v) is 4.80. The highest BCUT2D eigenvalue weighted by Gasteiger charge is 2.09. The molecule has 1 heterocycles. The third-order valence-corrected chi connectivity index (χ3v) is 3.41. The maximum atomic E-state index is 5.75. The number of imidazole rings is 1. The molecule has 0 aliphatic rings. The van der Waals surface area contributed by atoms with Crippen LogP contribution in [0.1, 0.15) is 5.82 Å². The van der Waals surface area contributed by atoms with Crippen molar-refractivity contribution in [2.45, 2.75) is 6.61 Å².